The van der Waals surface area contributed by atoms with Crippen molar-refractivity contribution in [1.82, 2.24) is 15.1 Å². The molecular weight excluding hydrogens is 397 g/mol. The Balaban J connectivity index is 1.53. The molecule has 0 radical (unpaired) electrons. The van der Waals surface area contributed by atoms with Crippen LogP contribution in [-0.4, -0.2) is 45.7 Å². The number of hydrogen-bond donors (Lipinski definition) is 2. The molecule has 5 rings (SSSR count). The first-order valence-corrected chi connectivity index (χ1v) is 11.6. The van der Waals surface area contributed by atoms with E-state index in [2.05, 4.69) is 10.4 Å². The summed E-state index contributed by atoms with van der Waals surface area (Å²) in [4.78, 5) is 13.3. The molecule has 0 spiro atoms. The van der Waals surface area contributed by atoms with Crippen molar-refractivity contribution < 1.29 is 19.0 Å². The van der Waals surface area contributed by atoms with Crippen molar-refractivity contribution in [3.63, 3.8) is 0 Å². The van der Waals surface area contributed by atoms with Gasteiger partial charge in [-0.1, -0.05) is 33.8 Å². The zero-order chi connectivity index (χ0) is 22.4. The number of hydrogen-bond acceptors (Lipinski definition) is 4. The van der Waals surface area contributed by atoms with E-state index in [0.29, 0.717) is 35.8 Å². The third-order valence-corrected chi connectivity index (χ3v) is 7.10. The number of nitrogens with zero attached hydrogens (tertiary/aromatic N) is 2. The van der Waals surface area contributed by atoms with Gasteiger partial charge in [-0.15, -0.1) is 0 Å². The monoisotopic (exact) mass is 433 g/mol. The van der Waals surface area contributed by atoms with Crippen LogP contribution in [0.25, 0.3) is 6.20 Å². The molecule has 4 fully saturated rings. The summed E-state index contributed by atoms with van der Waals surface area (Å²) < 4.78 is 20.7. The summed E-state index contributed by atoms with van der Waals surface area (Å²) in [6, 6.07) is 0.0895. The molecule has 1 heterocycles. The summed E-state index contributed by atoms with van der Waals surface area (Å²) in [6.45, 7) is 7.66. The highest BCUT2D eigenvalue weighted by molar-refractivity contribution is 5.96. The Morgan fingerprint density at radius 2 is 2.06 bits per heavy atom. The van der Waals surface area contributed by atoms with Gasteiger partial charge in [0.2, 0.25) is 5.88 Å². The van der Waals surface area contributed by atoms with E-state index in [0.717, 1.165) is 32.1 Å². The third kappa shape index (κ3) is 4.66. The van der Waals surface area contributed by atoms with E-state index < -0.39 is 17.7 Å². The first-order valence-electron chi connectivity index (χ1n) is 11.6. The van der Waals surface area contributed by atoms with Crippen molar-refractivity contribution in [2.24, 2.45) is 29.1 Å². The predicted octanol–water partition coefficient (Wildman–Crippen LogP) is 4.05. The number of carbonyl (C=O) groups is 1. The summed E-state index contributed by atoms with van der Waals surface area (Å²) in [5.41, 5.74) is -0.747. The Morgan fingerprint density at radius 1 is 1.39 bits per heavy atom. The van der Waals surface area contributed by atoms with Crippen LogP contribution >= 0.6 is 0 Å². The summed E-state index contributed by atoms with van der Waals surface area (Å²) in [5, 5.41) is 18.4. The second kappa shape index (κ2) is 8.23. The highest BCUT2D eigenvalue weighted by Crippen LogP contribution is 2.55. The van der Waals surface area contributed by atoms with E-state index in [-0.39, 0.29) is 17.9 Å². The Morgan fingerprint density at radius 3 is 2.65 bits per heavy atom. The molecule has 0 aliphatic heterocycles. The molecule has 2 N–H and O–H groups in total. The minimum Gasteiger partial charge on any atom is -0.477 e. The van der Waals surface area contributed by atoms with E-state index in [1.165, 1.54) is 10.9 Å². The van der Waals surface area contributed by atoms with E-state index in [9.17, 15) is 14.3 Å². The van der Waals surface area contributed by atoms with E-state index in [1.807, 2.05) is 13.8 Å². The average molecular weight is 434 g/mol. The number of alkyl halides is 1. The summed E-state index contributed by atoms with van der Waals surface area (Å²) in [7, 11) is 0. The van der Waals surface area contributed by atoms with Gasteiger partial charge in [0.25, 0.3) is 5.91 Å². The lowest BCUT2D eigenvalue weighted by atomic mass is 9.52. The molecule has 0 saturated heterocycles. The normalized spacial score (nSPS) is 32.2. The molecule has 6 nitrogen and oxygen atoms in total. The Labute approximate surface area is 184 Å². The first kappa shape index (κ1) is 22.3. The minimum atomic E-state index is -0.621. The molecule has 4 aliphatic rings. The second-order valence-corrected chi connectivity index (χ2v) is 11.1. The van der Waals surface area contributed by atoms with Crippen molar-refractivity contribution in [2.75, 3.05) is 13.3 Å². The molecule has 0 aromatic carbocycles. The third-order valence-electron chi connectivity index (χ3n) is 7.10. The van der Waals surface area contributed by atoms with Crippen LogP contribution in [0.4, 0.5) is 4.39 Å². The molecule has 4 bridgehead atoms. The molecule has 2 unspecified atom stereocenters. The van der Waals surface area contributed by atoms with Crippen molar-refractivity contribution >= 4 is 12.1 Å². The fourth-order valence-electron chi connectivity index (χ4n) is 5.77. The summed E-state index contributed by atoms with van der Waals surface area (Å²) in [6.07, 6.45) is 9.59. The van der Waals surface area contributed by atoms with Gasteiger partial charge in [-0.3, -0.25) is 9.18 Å². The molecule has 172 valence electrons. The van der Waals surface area contributed by atoms with E-state index in [1.54, 1.807) is 26.1 Å². The van der Waals surface area contributed by atoms with Gasteiger partial charge >= 0.3 is 0 Å². The maximum atomic E-state index is 13.3. The van der Waals surface area contributed by atoms with Gasteiger partial charge in [0, 0.05) is 17.7 Å². The number of halogens is 1. The second-order valence-electron chi connectivity index (χ2n) is 11.1. The van der Waals surface area contributed by atoms with E-state index in [4.69, 9.17) is 4.74 Å². The highest BCUT2D eigenvalue weighted by Gasteiger charge is 2.55. The molecule has 31 heavy (non-hydrogen) atoms. The summed E-state index contributed by atoms with van der Waals surface area (Å²) >= 11 is 0. The van der Waals surface area contributed by atoms with Gasteiger partial charge in [0.1, 0.15) is 5.56 Å². The number of aromatic nitrogens is 2. The minimum absolute atomic E-state index is 0.0895. The number of carbonyl (C=O) groups excluding carboxylic acids is 1. The van der Waals surface area contributed by atoms with Crippen molar-refractivity contribution in [3.05, 3.63) is 17.8 Å². The number of rotatable bonds is 8. The smallest absolute Gasteiger partial charge is 0.258 e. The van der Waals surface area contributed by atoms with Crippen LogP contribution in [0.3, 0.4) is 0 Å². The number of aliphatic hydroxyl groups is 1. The SMILES string of the molecule is CC(C)COc1c(C(=O)N[C@H]2C3CC4CC2C[C@](O)(C4)C3)cnn1/C=C/C(C)(C)CF. The maximum Gasteiger partial charge on any atom is 0.258 e. The lowest BCUT2D eigenvalue weighted by Crippen LogP contribution is -2.61. The van der Waals surface area contributed by atoms with Gasteiger partial charge in [-0.2, -0.15) is 5.10 Å². The van der Waals surface area contributed by atoms with Crippen LogP contribution in [0.2, 0.25) is 0 Å². The number of amides is 1. The van der Waals surface area contributed by atoms with Crippen LogP contribution in [0.15, 0.2) is 12.3 Å². The highest BCUT2D eigenvalue weighted by atomic mass is 19.1. The van der Waals surface area contributed by atoms with E-state index >= 15 is 0 Å². The largest absolute Gasteiger partial charge is 0.477 e. The molecule has 4 aliphatic carbocycles. The van der Waals surface area contributed by atoms with Crippen molar-refractivity contribution in [3.8, 4) is 5.88 Å². The number of nitrogens with one attached hydrogen (secondary N) is 1. The quantitative estimate of drug-likeness (QED) is 0.648. The first-order chi connectivity index (χ1) is 14.6. The van der Waals surface area contributed by atoms with Gasteiger partial charge in [0.15, 0.2) is 0 Å². The average Bonchev–Trinajstić information content (AvgIpc) is 3.09. The maximum absolute atomic E-state index is 13.3. The molecular formula is C24H36FN3O3. The van der Waals surface area contributed by atoms with Gasteiger partial charge in [0.05, 0.1) is 25.1 Å². The zero-order valence-corrected chi connectivity index (χ0v) is 19.1. The van der Waals surface area contributed by atoms with Crippen molar-refractivity contribution in [2.45, 2.75) is 71.4 Å². The predicted molar refractivity (Wildman–Crippen MR) is 117 cm³/mol. The van der Waals surface area contributed by atoms with Crippen LogP contribution in [0.5, 0.6) is 5.88 Å². The molecule has 2 atom stereocenters. The lowest BCUT2D eigenvalue weighted by Gasteiger charge is -2.58. The van der Waals surface area contributed by atoms with Crippen molar-refractivity contribution in [1.29, 1.82) is 0 Å². The molecule has 1 aromatic heterocycles. The molecule has 7 heteroatoms. The fraction of sp³-hybridized carbons (Fsp3) is 0.750. The number of allylic oxidation sites excluding steroid dienone is 1. The Bertz CT molecular complexity index is 831. The number of ether oxygens (including phenoxy) is 1. The standard InChI is InChI=1S/C24H36FN3O3/c1-15(2)13-31-22-19(12-26-28(22)6-5-23(3,4)14-25)21(29)27-20-17-7-16-8-18(20)11-24(30,9-16)10-17/h5-6,12,15-18,20,30H,7-11,13-14H2,1-4H3,(H,27,29)/b6-5+/t16?,17?,18?,20-,24-. The van der Waals surface area contributed by atoms with Crippen LogP contribution in [0.1, 0.15) is 70.2 Å². The fourth-order valence-corrected chi connectivity index (χ4v) is 5.77. The van der Waals surface area contributed by atoms with Gasteiger partial charge in [-0.05, 0) is 55.8 Å². The molecule has 1 aromatic rings. The van der Waals surface area contributed by atoms with Crippen LogP contribution in [0, 0.1) is 29.1 Å². The summed E-state index contributed by atoms with van der Waals surface area (Å²) in [5.74, 6) is 1.75. The molecule has 4 saturated carbocycles. The van der Waals surface area contributed by atoms with Gasteiger partial charge in [-0.25, -0.2) is 4.68 Å². The lowest BCUT2D eigenvalue weighted by molar-refractivity contribution is -0.136. The van der Waals surface area contributed by atoms with Gasteiger partial charge < -0.3 is 15.2 Å². The van der Waals surface area contributed by atoms with Crippen LogP contribution in [-0.2, 0) is 0 Å². The van der Waals surface area contributed by atoms with Crippen LogP contribution < -0.4 is 10.1 Å². The Kier molecular flexibility index (Phi) is 5.92. The zero-order valence-electron chi connectivity index (χ0n) is 19.1. The molecule has 1 amide bonds. The Hall–Kier alpha value is -1.89. The topological polar surface area (TPSA) is 76.4 Å².